The summed E-state index contributed by atoms with van der Waals surface area (Å²) in [6, 6.07) is 22.1. The Kier molecular flexibility index (Phi) is 6.17. The molecule has 0 amide bonds. The van der Waals surface area contributed by atoms with Crippen LogP contribution in [-0.2, 0) is 12.8 Å². The number of pyridine rings is 1. The number of hydrogen-bond acceptors (Lipinski definition) is 3. The number of rotatable bonds is 6. The normalized spacial score (nSPS) is 18.6. The van der Waals surface area contributed by atoms with Gasteiger partial charge in [0.2, 0.25) is 0 Å². The second kappa shape index (κ2) is 9.74. The van der Waals surface area contributed by atoms with Crippen molar-refractivity contribution in [2.75, 3.05) is 19.6 Å². The zero-order chi connectivity index (χ0) is 23.6. The van der Waals surface area contributed by atoms with Crippen molar-refractivity contribution in [2.45, 2.75) is 38.1 Å². The average molecular weight is 467 g/mol. The number of imidazole rings is 1. The van der Waals surface area contributed by atoms with Gasteiger partial charge in [-0.2, -0.15) is 0 Å². The second-order valence-electron chi connectivity index (χ2n) is 9.96. The van der Waals surface area contributed by atoms with E-state index in [0.29, 0.717) is 6.04 Å². The van der Waals surface area contributed by atoms with E-state index in [1.54, 1.807) is 0 Å². The molecule has 1 saturated heterocycles. The lowest BCUT2D eigenvalue weighted by Crippen LogP contribution is -2.37. The molecule has 2 aliphatic rings. The Bertz CT molecular complexity index is 1260. The highest BCUT2D eigenvalue weighted by atomic mass is 19.1. The van der Waals surface area contributed by atoms with Crippen LogP contribution < -0.4 is 0 Å². The van der Waals surface area contributed by atoms with E-state index < -0.39 is 0 Å². The van der Waals surface area contributed by atoms with Gasteiger partial charge in [0.25, 0.3) is 0 Å². The molecule has 5 heteroatoms. The number of hydrogen-bond donors (Lipinski definition) is 0. The molecule has 35 heavy (non-hydrogen) atoms. The summed E-state index contributed by atoms with van der Waals surface area (Å²) >= 11 is 0. The summed E-state index contributed by atoms with van der Waals surface area (Å²) in [4.78, 5) is 11.9. The predicted octanol–water partition coefficient (Wildman–Crippen LogP) is 6.19. The lowest BCUT2D eigenvalue weighted by atomic mass is 9.90. The van der Waals surface area contributed by atoms with Crippen molar-refractivity contribution in [1.29, 1.82) is 0 Å². The first kappa shape index (κ1) is 22.2. The van der Waals surface area contributed by atoms with Crippen molar-refractivity contribution in [2.24, 2.45) is 5.92 Å². The Morgan fingerprint density at radius 2 is 1.57 bits per heavy atom. The molecule has 0 bridgehead atoms. The van der Waals surface area contributed by atoms with Crippen LogP contribution in [0.1, 0.15) is 36.7 Å². The summed E-state index contributed by atoms with van der Waals surface area (Å²) in [5, 5.41) is 0. The summed E-state index contributed by atoms with van der Waals surface area (Å²) in [6.45, 7) is 3.38. The van der Waals surface area contributed by atoms with Gasteiger partial charge in [-0.15, -0.1) is 0 Å². The van der Waals surface area contributed by atoms with Gasteiger partial charge in [0, 0.05) is 42.5 Å². The van der Waals surface area contributed by atoms with E-state index in [2.05, 4.69) is 56.9 Å². The molecule has 2 aliphatic heterocycles. The summed E-state index contributed by atoms with van der Waals surface area (Å²) in [7, 11) is 0. The third kappa shape index (κ3) is 4.65. The molecule has 0 spiro atoms. The Morgan fingerprint density at radius 1 is 0.829 bits per heavy atom. The SMILES string of the molecule is Fc1ccc(-c2nc3n(c2-c2ccncc2)[C@H](CN2CCC(Cc4ccccc4)CC2)CC3)cc1. The molecule has 0 N–H and O–H groups in total. The van der Waals surface area contributed by atoms with E-state index in [0.717, 1.165) is 66.7 Å². The number of likely N-dealkylation sites (tertiary alicyclic amines) is 1. The number of benzene rings is 2. The van der Waals surface area contributed by atoms with Crippen molar-refractivity contribution >= 4 is 0 Å². The minimum atomic E-state index is -0.223. The van der Waals surface area contributed by atoms with Gasteiger partial charge in [-0.1, -0.05) is 30.3 Å². The molecule has 2 aromatic heterocycles. The highest BCUT2D eigenvalue weighted by Crippen LogP contribution is 2.40. The van der Waals surface area contributed by atoms with Gasteiger partial charge in [0.15, 0.2) is 0 Å². The van der Waals surface area contributed by atoms with Crippen LogP contribution in [-0.4, -0.2) is 39.1 Å². The van der Waals surface area contributed by atoms with Gasteiger partial charge in [-0.05, 0) is 86.7 Å². The fourth-order valence-corrected chi connectivity index (χ4v) is 5.86. The van der Waals surface area contributed by atoms with Crippen molar-refractivity contribution in [1.82, 2.24) is 19.4 Å². The van der Waals surface area contributed by atoms with Crippen LogP contribution in [0.2, 0.25) is 0 Å². The first-order chi connectivity index (χ1) is 17.2. The van der Waals surface area contributed by atoms with Crippen molar-refractivity contribution in [3.05, 3.63) is 96.3 Å². The van der Waals surface area contributed by atoms with E-state index >= 15 is 0 Å². The molecular formula is C30H31FN4. The molecule has 1 atom stereocenters. The van der Waals surface area contributed by atoms with Crippen LogP contribution >= 0.6 is 0 Å². The van der Waals surface area contributed by atoms with Gasteiger partial charge in [-0.3, -0.25) is 4.98 Å². The maximum absolute atomic E-state index is 13.6. The van der Waals surface area contributed by atoms with E-state index in [-0.39, 0.29) is 5.82 Å². The molecule has 0 radical (unpaired) electrons. The molecule has 6 rings (SSSR count). The zero-order valence-electron chi connectivity index (χ0n) is 20.0. The van der Waals surface area contributed by atoms with Crippen LogP contribution in [0.15, 0.2) is 79.1 Å². The maximum atomic E-state index is 13.6. The Hall–Kier alpha value is -3.31. The Balaban J connectivity index is 1.22. The smallest absolute Gasteiger partial charge is 0.123 e. The van der Waals surface area contributed by atoms with Gasteiger partial charge in [-0.25, -0.2) is 9.37 Å². The lowest BCUT2D eigenvalue weighted by molar-refractivity contribution is 0.163. The Morgan fingerprint density at radius 3 is 2.31 bits per heavy atom. The summed E-state index contributed by atoms with van der Waals surface area (Å²) in [6.07, 6.45) is 9.49. The van der Waals surface area contributed by atoms with Gasteiger partial charge in [0.1, 0.15) is 11.6 Å². The molecule has 0 saturated carbocycles. The van der Waals surface area contributed by atoms with Crippen molar-refractivity contribution < 1.29 is 4.39 Å². The fraction of sp³-hybridized carbons (Fsp3) is 0.333. The average Bonchev–Trinajstić information content (AvgIpc) is 3.47. The molecule has 178 valence electrons. The maximum Gasteiger partial charge on any atom is 0.123 e. The van der Waals surface area contributed by atoms with Crippen LogP contribution in [0.4, 0.5) is 4.39 Å². The van der Waals surface area contributed by atoms with E-state index in [9.17, 15) is 4.39 Å². The van der Waals surface area contributed by atoms with Crippen LogP contribution in [0, 0.1) is 11.7 Å². The van der Waals surface area contributed by atoms with Gasteiger partial charge < -0.3 is 9.47 Å². The first-order valence-electron chi connectivity index (χ1n) is 12.8. The topological polar surface area (TPSA) is 34.0 Å². The summed E-state index contributed by atoms with van der Waals surface area (Å²) < 4.78 is 16.1. The predicted molar refractivity (Wildman–Crippen MR) is 138 cm³/mol. The standard InChI is InChI=1S/C30H31FN4/c31-26-8-6-24(7-9-26)29-30(25-12-16-32-17-13-25)35-27(10-11-28(35)33-29)21-34-18-14-23(15-19-34)20-22-4-2-1-3-5-22/h1-9,12-13,16-17,23,27H,10-11,14-15,18-21H2/t27-/m0/s1. The number of aromatic nitrogens is 3. The Labute approximate surface area is 206 Å². The molecule has 4 aromatic rings. The van der Waals surface area contributed by atoms with Crippen molar-refractivity contribution in [3.63, 3.8) is 0 Å². The lowest BCUT2D eigenvalue weighted by Gasteiger charge is -2.34. The van der Waals surface area contributed by atoms with Gasteiger partial charge >= 0.3 is 0 Å². The summed E-state index contributed by atoms with van der Waals surface area (Å²) in [5.41, 5.74) is 5.61. The highest BCUT2D eigenvalue weighted by Gasteiger charge is 2.32. The summed E-state index contributed by atoms with van der Waals surface area (Å²) in [5.74, 6) is 1.69. The number of halogens is 1. The largest absolute Gasteiger partial charge is 0.323 e. The minimum absolute atomic E-state index is 0.223. The number of nitrogens with zero attached hydrogens (tertiary/aromatic N) is 4. The minimum Gasteiger partial charge on any atom is -0.323 e. The van der Waals surface area contributed by atoms with E-state index in [1.807, 2.05) is 24.5 Å². The van der Waals surface area contributed by atoms with E-state index in [4.69, 9.17) is 4.98 Å². The molecule has 2 aromatic carbocycles. The second-order valence-corrected chi connectivity index (χ2v) is 9.96. The van der Waals surface area contributed by atoms with Crippen LogP contribution in [0.25, 0.3) is 22.5 Å². The molecule has 4 nitrogen and oxygen atoms in total. The number of piperidine rings is 1. The highest BCUT2D eigenvalue weighted by molar-refractivity contribution is 5.79. The molecule has 4 heterocycles. The number of fused-ring (bicyclic) bond motifs is 1. The quantitative estimate of drug-likeness (QED) is 0.340. The van der Waals surface area contributed by atoms with Gasteiger partial charge in [0.05, 0.1) is 11.4 Å². The van der Waals surface area contributed by atoms with E-state index in [1.165, 1.54) is 37.0 Å². The monoisotopic (exact) mass is 466 g/mol. The van der Waals surface area contributed by atoms with Crippen LogP contribution in [0.3, 0.4) is 0 Å². The molecule has 1 fully saturated rings. The fourth-order valence-electron chi connectivity index (χ4n) is 5.86. The van der Waals surface area contributed by atoms with Crippen LogP contribution in [0.5, 0.6) is 0 Å². The first-order valence-corrected chi connectivity index (χ1v) is 12.8. The molecule has 0 aliphatic carbocycles. The zero-order valence-corrected chi connectivity index (χ0v) is 20.0. The molecular weight excluding hydrogens is 435 g/mol. The molecule has 0 unspecified atom stereocenters. The van der Waals surface area contributed by atoms with Crippen molar-refractivity contribution in [3.8, 4) is 22.5 Å². The third-order valence-corrected chi connectivity index (χ3v) is 7.67. The number of aryl methyl sites for hydroxylation is 1. The third-order valence-electron chi connectivity index (χ3n) is 7.67.